The molecule has 0 bridgehead atoms. The molecule has 1 N–H and O–H groups in total. The Labute approximate surface area is 164 Å². The maximum absolute atomic E-state index is 5.50. The zero-order chi connectivity index (χ0) is 18.9. The number of fused-ring (bicyclic) bond motifs is 1. The fraction of sp³-hybridized carbons (Fsp3) is 0.476. The van der Waals surface area contributed by atoms with Gasteiger partial charge in [0.1, 0.15) is 5.69 Å². The van der Waals surface area contributed by atoms with Gasteiger partial charge in [-0.15, -0.1) is 0 Å². The van der Waals surface area contributed by atoms with Gasteiger partial charge in [-0.3, -0.25) is 9.88 Å². The number of aromatic amines is 1. The molecule has 0 unspecified atom stereocenters. The molecule has 0 aliphatic carbocycles. The Hall–Kier alpha value is -2.51. The number of pyridine rings is 1. The summed E-state index contributed by atoms with van der Waals surface area (Å²) in [5, 5.41) is 4.25. The molecule has 1 fully saturated rings. The molecule has 7 heteroatoms. The first kappa shape index (κ1) is 17.6. The number of hydrogen-bond acceptors (Lipinski definition) is 6. The van der Waals surface area contributed by atoms with Crippen LogP contribution in [0, 0.1) is 12.8 Å². The average Bonchev–Trinajstić information content (AvgIpc) is 3.41. The van der Waals surface area contributed by atoms with Crippen LogP contribution in [0.2, 0.25) is 0 Å². The van der Waals surface area contributed by atoms with Crippen molar-refractivity contribution in [3.63, 3.8) is 0 Å². The van der Waals surface area contributed by atoms with Crippen LogP contribution in [0.4, 0.5) is 0 Å². The van der Waals surface area contributed by atoms with Crippen LogP contribution in [0.5, 0.6) is 0 Å². The minimum Gasteiger partial charge on any atom is -0.381 e. The second kappa shape index (κ2) is 7.48. The van der Waals surface area contributed by atoms with E-state index in [1.807, 2.05) is 31.5 Å². The summed E-state index contributed by atoms with van der Waals surface area (Å²) in [6.45, 7) is 6.97. The van der Waals surface area contributed by atoms with E-state index in [0.717, 1.165) is 62.1 Å². The first-order chi connectivity index (χ1) is 13.8. The number of aromatic nitrogens is 4. The Kier molecular flexibility index (Phi) is 4.70. The maximum Gasteiger partial charge on any atom is 0.274 e. The van der Waals surface area contributed by atoms with Crippen molar-refractivity contribution in [1.29, 1.82) is 0 Å². The molecule has 1 saturated heterocycles. The minimum atomic E-state index is 0.508. The lowest BCUT2D eigenvalue weighted by Gasteiger charge is -2.33. The first-order valence-corrected chi connectivity index (χ1v) is 10.0. The molecule has 0 atom stereocenters. The fourth-order valence-electron chi connectivity index (χ4n) is 4.35. The topological polar surface area (TPSA) is 80.1 Å². The summed E-state index contributed by atoms with van der Waals surface area (Å²) >= 11 is 0. The van der Waals surface area contributed by atoms with Crippen molar-refractivity contribution in [2.75, 3.05) is 26.3 Å². The van der Waals surface area contributed by atoms with Gasteiger partial charge in [-0.25, -0.2) is 0 Å². The lowest BCUT2D eigenvalue weighted by atomic mass is 9.93. The number of aryl methyl sites for hydroxylation is 1. The Balaban J connectivity index is 1.40. The van der Waals surface area contributed by atoms with Gasteiger partial charge in [-0.1, -0.05) is 5.16 Å². The van der Waals surface area contributed by atoms with E-state index in [0.29, 0.717) is 11.7 Å². The molecule has 5 heterocycles. The van der Waals surface area contributed by atoms with Crippen molar-refractivity contribution < 1.29 is 9.26 Å². The molecule has 3 aromatic heterocycles. The van der Waals surface area contributed by atoms with Gasteiger partial charge in [0.15, 0.2) is 0 Å². The predicted molar refractivity (Wildman–Crippen MR) is 105 cm³/mol. The van der Waals surface area contributed by atoms with Gasteiger partial charge in [-0.2, -0.15) is 4.98 Å². The van der Waals surface area contributed by atoms with Gasteiger partial charge in [0, 0.05) is 56.5 Å². The van der Waals surface area contributed by atoms with Gasteiger partial charge in [0.25, 0.3) is 5.89 Å². The second-order valence-electron chi connectivity index (χ2n) is 7.77. The molecule has 2 aliphatic rings. The van der Waals surface area contributed by atoms with E-state index in [1.165, 1.54) is 24.0 Å². The summed E-state index contributed by atoms with van der Waals surface area (Å²) in [5.74, 6) is 1.88. The van der Waals surface area contributed by atoms with Crippen LogP contribution >= 0.6 is 0 Å². The van der Waals surface area contributed by atoms with Crippen molar-refractivity contribution >= 4 is 0 Å². The lowest BCUT2D eigenvalue weighted by Crippen LogP contribution is -2.36. The molecule has 7 nitrogen and oxygen atoms in total. The summed E-state index contributed by atoms with van der Waals surface area (Å²) in [6, 6.07) is 3.85. The van der Waals surface area contributed by atoms with Crippen LogP contribution in [-0.2, 0) is 17.7 Å². The third-order valence-corrected chi connectivity index (χ3v) is 5.87. The number of rotatable bonds is 4. The van der Waals surface area contributed by atoms with E-state index < -0.39 is 0 Å². The number of nitrogens with one attached hydrogen (secondary N) is 1. The Morgan fingerprint density at radius 3 is 3.00 bits per heavy atom. The monoisotopic (exact) mass is 379 g/mol. The molecular weight excluding hydrogens is 354 g/mol. The molecule has 0 amide bonds. The third kappa shape index (κ3) is 3.36. The van der Waals surface area contributed by atoms with Crippen molar-refractivity contribution in [3.05, 3.63) is 41.3 Å². The van der Waals surface area contributed by atoms with Gasteiger partial charge >= 0.3 is 0 Å². The van der Waals surface area contributed by atoms with E-state index in [-0.39, 0.29) is 0 Å². The molecule has 0 saturated carbocycles. The highest BCUT2D eigenvalue weighted by molar-refractivity contribution is 5.66. The zero-order valence-corrected chi connectivity index (χ0v) is 16.1. The third-order valence-electron chi connectivity index (χ3n) is 5.87. The highest BCUT2D eigenvalue weighted by atomic mass is 16.5. The van der Waals surface area contributed by atoms with Crippen molar-refractivity contribution in [2.24, 2.45) is 5.92 Å². The van der Waals surface area contributed by atoms with Gasteiger partial charge in [0.2, 0.25) is 5.82 Å². The van der Waals surface area contributed by atoms with Crippen molar-refractivity contribution in [2.45, 2.75) is 32.7 Å². The zero-order valence-electron chi connectivity index (χ0n) is 16.1. The standard InChI is InChI=1S/C21H25N5O2/c1-14-19(20-24-21(28-25-20)18-3-2-7-22-18)17-4-8-26(13-16(17)11-23-14)12-15-5-9-27-10-6-15/h2-3,7,11,15,22H,4-6,8-10,12-13H2,1H3. The molecule has 0 spiro atoms. The first-order valence-electron chi connectivity index (χ1n) is 10.0. The van der Waals surface area contributed by atoms with E-state index in [4.69, 9.17) is 9.26 Å². The summed E-state index contributed by atoms with van der Waals surface area (Å²) in [6.07, 6.45) is 7.21. The van der Waals surface area contributed by atoms with Gasteiger partial charge in [0.05, 0.1) is 0 Å². The van der Waals surface area contributed by atoms with E-state index in [1.54, 1.807) is 0 Å². The number of ether oxygens (including phenoxy) is 1. The van der Waals surface area contributed by atoms with Crippen LogP contribution in [0.3, 0.4) is 0 Å². The van der Waals surface area contributed by atoms with Crippen molar-refractivity contribution in [3.8, 4) is 23.0 Å². The van der Waals surface area contributed by atoms with Gasteiger partial charge in [-0.05, 0) is 55.4 Å². The van der Waals surface area contributed by atoms with Crippen LogP contribution < -0.4 is 0 Å². The quantitative estimate of drug-likeness (QED) is 0.750. The number of nitrogens with zero attached hydrogens (tertiary/aromatic N) is 4. The van der Waals surface area contributed by atoms with E-state index >= 15 is 0 Å². The number of hydrogen-bond donors (Lipinski definition) is 1. The molecule has 0 radical (unpaired) electrons. The highest BCUT2D eigenvalue weighted by Gasteiger charge is 2.26. The van der Waals surface area contributed by atoms with Crippen LogP contribution in [0.15, 0.2) is 29.0 Å². The predicted octanol–water partition coefficient (Wildman–Crippen LogP) is 3.22. The second-order valence-corrected chi connectivity index (χ2v) is 7.77. The summed E-state index contributed by atoms with van der Waals surface area (Å²) in [7, 11) is 0. The molecule has 28 heavy (non-hydrogen) atoms. The highest BCUT2D eigenvalue weighted by Crippen LogP contribution is 2.32. The SMILES string of the molecule is Cc1ncc2c(c1-c1noc(-c3ccc[nH]3)n1)CCN(CC1CCOCC1)C2. The van der Waals surface area contributed by atoms with Crippen LogP contribution in [0.25, 0.3) is 23.0 Å². The molecule has 0 aromatic carbocycles. The molecule has 3 aromatic rings. The summed E-state index contributed by atoms with van der Waals surface area (Å²) < 4.78 is 11.0. The Morgan fingerprint density at radius 2 is 2.18 bits per heavy atom. The number of H-pyrrole nitrogens is 1. The molecule has 2 aliphatic heterocycles. The lowest BCUT2D eigenvalue weighted by molar-refractivity contribution is 0.0506. The normalized spacial score (nSPS) is 18.3. The van der Waals surface area contributed by atoms with E-state index in [9.17, 15) is 0 Å². The Bertz CT molecular complexity index is 944. The molecule has 5 rings (SSSR count). The average molecular weight is 379 g/mol. The Morgan fingerprint density at radius 1 is 1.29 bits per heavy atom. The maximum atomic E-state index is 5.50. The largest absolute Gasteiger partial charge is 0.381 e. The molecular formula is C21H25N5O2. The van der Waals surface area contributed by atoms with Crippen LogP contribution in [-0.4, -0.2) is 51.3 Å². The van der Waals surface area contributed by atoms with Gasteiger partial charge < -0.3 is 14.2 Å². The summed E-state index contributed by atoms with van der Waals surface area (Å²) in [4.78, 5) is 14.9. The summed E-state index contributed by atoms with van der Waals surface area (Å²) in [5.41, 5.74) is 5.41. The van der Waals surface area contributed by atoms with Crippen molar-refractivity contribution in [1.82, 2.24) is 25.0 Å². The van der Waals surface area contributed by atoms with E-state index in [2.05, 4.69) is 25.0 Å². The molecule has 146 valence electrons. The minimum absolute atomic E-state index is 0.508. The fourth-order valence-corrected chi connectivity index (χ4v) is 4.35. The van der Waals surface area contributed by atoms with Crippen LogP contribution in [0.1, 0.15) is 29.7 Å². The smallest absolute Gasteiger partial charge is 0.274 e.